The molecule has 2 amide bonds. The average molecular weight is 446 g/mol. The van der Waals surface area contributed by atoms with E-state index < -0.39 is 0 Å². The summed E-state index contributed by atoms with van der Waals surface area (Å²) in [5.74, 6) is -0.730. The predicted octanol–water partition coefficient (Wildman–Crippen LogP) is 3.16. The molecular weight excluding hydrogens is 421 g/mol. The first kappa shape index (κ1) is 22.9. The molecule has 1 atom stereocenters. The first-order valence-electron chi connectivity index (χ1n) is 9.99. The Morgan fingerprint density at radius 1 is 1.23 bits per heavy atom. The number of hydrogen-bond donors (Lipinski definition) is 2. The van der Waals surface area contributed by atoms with E-state index in [2.05, 4.69) is 10.2 Å². The Hall–Kier alpha value is -2.74. The maximum Gasteiger partial charge on any atom is 0.246 e. The minimum atomic E-state index is -0.341. The fraction of sp³-hybridized carbons (Fsp3) is 0.304. The Bertz CT molecular complexity index is 965. The highest BCUT2D eigenvalue weighted by molar-refractivity contribution is 6.31. The number of piperazine rings is 1. The fourth-order valence-corrected chi connectivity index (χ4v) is 3.76. The van der Waals surface area contributed by atoms with Crippen molar-refractivity contribution in [2.24, 2.45) is 0 Å². The molecule has 164 valence electrons. The van der Waals surface area contributed by atoms with Crippen molar-refractivity contribution in [3.63, 3.8) is 0 Å². The average Bonchev–Trinajstić information content (AvgIpc) is 2.74. The molecule has 2 N–H and O–H groups in total. The number of halogens is 2. The van der Waals surface area contributed by atoms with Crippen molar-refractivity contribution in [2.45, 2.75) is 19.5 Å². The van der Waals surface area contributed by atoms with Crippen molar-refractivity contribution < 1.29 is 19.1 Å². The van der Waals surface area contributed by atoms with Crippen molar-refractivity contribution in [2.75, 3.05) is 31.6 Å². The molecule has 3 rings (SSSR count). The van der Waals surface area contributed by atoms with Gasteiger partial charge in [-0.3, -0.25) is 14.5 Å². The molecule has 0 aromatic heterocycles. The van der Waals surface area contributed by atoms with Crippen LogP contribution < -0.4 is 5.32 Å². The first-order valence-corrected chi connectivity index (χ1v) is 10.4. The van der Waals surface area contributed by atoms with Gasteiger partial charge in [-0.15, -0.1) is 0 Å². The molecule has 1 aliphatic heterocycles. The summed E-state index contributed by atoms with van der Waals surface area (Å²) in [5, 5.41) is 13.0. The van der Waals surface area contributed by atoms with Crippen LogP contribution in [-0.2, 0) is 16.1 Å². The smallest absolute Gasteiger partial charge is 0.246 e. The number of aliphatic hydroxyl groups is 1. The summed E-state index contributed by atoms with van der Waals surface area (Å²) in [5.41, 5.74) is 2.15. The molecule has 0 spiro atoms. The van der Waals surface area contributed by atoms with Crippen LogP contribution in [0.25, 0.3) is 6.08 Å². The largest absolute Gasteiger partial charge is 0.394 e. The Kier molecular flexibility index (Phi) is 7.79. The maximum atomic E-state index is 13.1. The van der Waals surface area contributed by atoms with Gasteiger partial charge < -0.3 is 15.3 Å². The molecule has 2 aromatic rings. The molecule has 31 heavy (non-hydrogen) atoms. The number of anilines is 1. The van der Waals surface area contributed by atoms with E-state index >= 15 is 0 Å². The van der Waals surface area contributed by atoms with Crippen molar-refractivity contribution >= 4 is 35.2 Å². The summed E-state index contributed by atoms with van der Waals surface area (Å²) >= 11 is 6.00. The topological polar surface area (TPSA) is 72.9 Å². The number of amides is 2. The van der Waals surface area contributed by atoms with Crippen LogP contribution >= 0.6 is 11.6 Å². The molecule has 1 saturated heterocycles. The standard InChI is InChI=1S/C23H25ClFN3O3/c1-16(30)26-22-12-19(24)6-4-18(22)5-9-23(31)28-11-10-27(14-21(28)15-29)13-17-2-7-20(25)8-3-17/h2-9,12,21,29H,10-11,13-15H2,1H3,(H,26,30)/b9-5+. The van der Waals surface area contributed by atoms with Gasteiger partial charge in [0.15, 0.2) is 0 Å². The van der Waals surface area contributed by atoms with Crippen LogP contribution in [-0.4, -0.2) is 59.0 Å². The summed E-state index contributed by atoms with van der Waals surface area (Å²) in [4.78, 5) is 28.0. The van der Waals surface area contributed by atoms with Crippen LogP contribution in [0.3, 0.4) is 0 Å². The zero-order chi connectivity index (χ0) is 22.4. The van der Waals surface area contributed by atoms with Crippen LogP contribution in [0, 0.1) is 5.82 Å². The minimum absolute atomic E-state index is 0.155. The molecule has 0 bridgehead atoms. The molecule has 1 heterocycles. The number of rotatable bonds is 6. The van der Waals surface area contributed by atoms with Gasteiger partial charge in [-0.2, -0.15) is 0 Å². The summed E-state index contributed by atoms with van der Waals surface area (Å²) in [6.07, 6.45) is 3.07. The summed E-state index contributed by atoms with van der Waals surface area (Å²) in [7, 11) is 0. The Balaban J connectivity index is 1.65. The number of benzene rings is 2. The zero-order valence-corrected chi connectivity index (χ0v) is 18.0. The van der Waals surface area contributed by atoms with Gasteiger partial charge in [0.05, 0.1) is 12.6 Å². The van der Waals surface area contributed by atoms with Crippen molar-refractivity contribution in [3.8, 4) is 0 Å². The fourth-order valence-electron chi connectivity index (χ4n) is 3.59. The van der Waals surface area contributed by atoms with Gasteiger partial charge in [0.2, 0.25) is 11.8 Å². The Labute approximate surface area is 185 Å². The van der Waals surface area contributed by atoms with E-state index in [4.69, 9.17) is 11.6 Å². The molecule has 1 unspecified atom stereocenters. The quantitative estimate of drug-likeness (QED) is 0.670. The van der Waals surface area contributed by atoms with Crippen LogP contribution in [0.5, 0.6) is 0 Å². The van der Waals surface area contributed by atoms with E-state index in [0.717, 1.165) is 5.56 Å². The number of aliphatic hydroxyl groups excluding tert-OH is 1. The lowest BCUT2D eigenvalue weighted by molar-refractivity contribution is -0.132. The molecular formula is C23H25ClFN3O3. The summed E-state index contributed by atoms with van der Waals surface area (Å²) in [6, 6.07) is 11.0. The molecule has 0 radical (unpaired) electrons. The van der Waals surface area contributed by atoms with E-state index in [0.29, 0.717) is 42.5 Å². The van der Waals surface area contributed by atoms with Crippen LogP contribution in [0.2, 0.25) is 5.02 Å². The first-order chi connectivity index (χ1) is 14.9. The summed E-state index contributed by atoms with van der Waals surface area (Å²) in [6.45, 7) is 3.50. The molecule has 6 nitrogen and oxygen atoms in total. The van der Waals surface area contributed by atoms with Crippen molar-refractivity contribution in [1.82, 2.24) is 9.80 Å². The van der Waals surface area contributed by atoms with Gasteiger partial charge in [0.1, 0.15) is 5.82 Å². The highest BCUT2D eigenvalue weighted by Gasteiger charge is 2.28. The SMILES string of the molecule is CC(=O)Nc1cc(Cl)ccc1/C=C/C(=O)N1CCN(Cc2ccc(F)cc2)CC1CO. The minimum Gasteiger partial charge on any atom is -0.394 e. The molecule has 8 heteroatoms. The van der Waals surface area contributed by atoms with Crippen LogP contribution in [0.4, 0.5) is 10.1 Å². The van der Waals surface area contributed by atoms with E-state index in [1.54, 1.807) is 41.3 Å². The molecule has 2 aromatic carbocycles. The van der Waals surface area contributed by atoms with E-state index in [-0.39, 0.29) is 30.3 Å². The van der Waals surface area contributed by atoms with Gasteiger partial charge in [0.25, 0.3) is 0 Å². The summed E-state index contributed by atoms with van der Waals surface area (Å²) < 4.78 is 13.1. The lowest BCUT2D eigenvalue weighted by Gasteiger charge is -2.40. The second-order valence-electron chi connectivity index (χ2n) is 7.48. The van der Waals surface area contributed by atoms with E-state index in [9.17, 15) is 19.1 Å². The molecule has 1 fully saturated rings. The third-order valence-corrected chi connectivity index (χ3v) is 5.35. The molecule has 1 aliphatic rings. The van der Waals surface area contributed by atoms with Crippen LogP contribution in [0.15, 0.2) is 48.5 Å². The van der Waals surface area contributed by atoms with Crippen LogP contribution in [0.1, 0.15) is 18.1 Å². The molecule has 0 aliphatic carbocycles. The lowest BCUT2D eigenvalue weighted by Crippen LogP contribution is -2.55. The van der Waals surface area contributed by atoms with Gasteiger partial charge in [-0.05, 0) is 41.5 Å². The normalized spacial score (nSPS) is 17.2. The zero-order valence-electron chi connectivity index (χ0n) is 17.2. The monoisotopic (exact) mass is 445 g/mol. The maximum absolute atomic E-state index is 13.1. The number of hydrogen-bond acceptors (Lipinski definition) is 4. The number of nitrogens with zero attached hydrogens (tertiary/aromatic N) is 2. The van der Waals surface area contributed by atoms with Crippen molar-refractivity contribution in [3.05, 3.63) is 70.5 Å². The number of carbonyl (C=O) groups is 2. The number of nitrogens with one attached hydrogen (secondary N) is 1. The Morgan fingerprint density at radius 2 is 1.97 bits per heavy atom. The van der Waals surface area contributed by atoms with Gasteiger partial charge in [-0.1, -0.05) is 29.8 Å². The third-order valence-electron chi connectivity index (χ3n) is 5.11. The molecule has 0 saturated carbocycles. The second kappa shape index (κ2) is 10.5. The lowest BCUT2D eigenvalue weighted by atomic mass is 10.1. The Morgan fingerprint density at radius 3 is 2.65 bits per heavy atom. The van der Waals surface area contributed by atoms with E-state index in [1.165, 1.54) is 25.1 Å². The predicted molar refractivity (Wildman–Crippen MR) is 119 cm³/mol. The number of carbonyl (C=O) groups excluding carboxylic acids is 2. The van der Waals surface area contributed by atoms with Crippen molar-refractivity contribution in [1.29, 1.82) is 0 Å². The third kappa shape index (κ3) is 6.37. The van der Waals surface area contributed by atoms with E-state index in [1.807, 2.05) is 0 Å². The van der Waals surface area contributed by atoms with Gasteiger partial charge in [-0.25, -0.2) is 4.39 Å². The van der Waals surface area contributed by atoms with Gasteiger partial charge >= 0.3 is 0 Å². The highest BCUT2D eigenvalue weighted by atomic mass is 35.5. The highest BCUT2D eigenvalue weighted by Crippen LogP contribution is 2.23. The van der Waals surface area contributed by atoms with Gasteiger partial charge in [0, 0.05) is 49.9 Å². The second-order valence-corrected chi connectivity index (χ2v) is 7.91.